The number of aliphatic imine (C=N–C) groups is 1. The van der Waals surface area contributed by atoms with Gasteiger partial charge in [0.05, 0.1) is 5.71 Å². The van der Waals surface area contributed by atoms with Gasteiger partial charge in [-0.05, 0) is 45.1 Å². The molecule has 2 aliphatic rings. The molecule has 2 amide bonds. The van der Waals surface area contributed by atoms with Crippen molar-refractivity contribution in [1.82, 2.24) is 5.32 Å². The van der Waals surface area contributed by atoms with E-state index in [1.54, 1.807) is 12.1 Å². The molecular weight excluding hydrogens is 288 g/mol. The number of hydrogen-bond donors (Lipinski definition) is 1. The Morgan fingerprint density at radius 3 is 2.74 bits per heavy atom. The summed E-state index contributed by atoms with van der Waals surface area (Å²) in [5, 5.41) is 2.87. The standard InChI is InChI=1S/C19H18N2O2/c1-11-5-4-6-14(9-11)19(23)20-15-7-8-16-12(2)13(3)18(22)21-17(16)10-15/h4-10,16H,1-3H3,(H,21,22). The second-order valence-corrected chi connectivity index (χ2v) is 5.91. The van der Waals surface area contributed by atoms with Crippen molar-refractivity contribution in [3.63, 3.8) is 0 Å². The van der Waals surface area contributed by atoms with E-state index in [0.717, 1.165) is 22.4 Å². The lowest BCUT2D eigenvalue weighted by Crippen LogP contribution is -2.35. The van der Waals surface area contributed by atoms with E-state index < -0.39 is 0 Å². The fraction of sp³-hybridized carbons (Fsp3) is 0.211. The third-order valence-corrected chi connectivity index (χ3v) is 4.25. The van der Waals surface area contributed by atoms with Gasteiger partial charge in [0.1, 0.15) is 0 Å². The molecule has 0 aromatic heterocycles. The Bertz CT molecular complexity index is 826. The molecule has 1 N–H and O–H groups in total. The largest absolute Gasteiger partial charge is 0.325 e. The van der Waals surface area contributed by atoms with Crippen LogP contribution in [0.1, 0.15) is 29.8 Å². The maximum absolute atomic E-state index is 12.3. The molecule has 116 valence electrons. The molecule has 0 saturated heterocycles. The number of hydrogen-bond acceptors (Lipinski definition) is 2. The highest BCUT2D eigenvalue weighted by Gasteiger charge is 2.27. The third-order valence-electron chi connectivity index (χ3n) is 4.25. The fourth-order valence-corrected chi connectivity index (χ4v) is 2.75. The fourth-order valence-electron chi connectivity index (χ4n) is 2.75. The molecular formula is C19H18N2O2. The summed E-state index contributed by atoms with van der Waals surface area (Å²) in [5.74, 6) is -0.320. The van der Waals surface area contributed by atoms with Crippen LogP contribution >= 0.6 is 0 Å². The summed E-state index contributed by atoms with van der Waals surface area (Å²) in [5.41, 5.74) is 4.68. The van der Waals surface area contributed by atoms with Crippen LogP contribution < -0.4 is 5.32 Å². The first-order valence-corrected chi connectivity index (χ1v) is 7.54. The maximum atomic E-state index is 12.3. The number of nitrogens with zero attached hydrogens (tertiary/aromatic N) is 1. The number of carbonyl (C=O) groups excluding carboxylic acids is 2. The van der Waals surface area contributed by atoms with Gasteiger partial charge >= 0.3 is 0 Å². The predicted molar refractivity (Wildman–Crippen MR) is 90.2 cm³/mol. The van der Waals surface area contributed by atoms with Gasteiger partial charge in [-0.2, -0.15) is 0 Å². The van der Waals surface area contributed by atoms with Crippen LogP contribution in [-0.2, 0) is 4.79 Å². The zero-order valence-electron chi connectivity index (χ0n) is 13.4. The molecule has 4 nitrogen and oxygen atoms in total. The monoisotopic (exact) mass is 306 g/mol. The first-order chi connectivity index (χ1) is 11.0. The van der Waals surface area contributed by atoms with E-state index in [2.05, 4.69) is 10.3 Å². The van der Waals surface area contributed by atoms with Crippen molar-refractivity contribution in [3.8, 4) is 0 Å². The van der Waals surface area contributed by atoms with Crippen molar-refractivity contribution in [1.29, 1.82) is 0 Å². The number of amides is 2. The van der Waals surface area contributed by atoms with E-state index >= 15 is 0 Å². The molecule has 1 unspecified atom stereocenters. The number of carbonyl (C=O) groups is 2. The highest BCUT2D eigenvalue weighted by molar-refractivity contribution is 6.14. The Labute approximate surface area is 135 Å². The van der Waals surface area contributed by atoms with E-state index in [4.69, 9.17) is 0 Å². The van der Waals surface area contributed by atoms with E-state index in [-0.39, 0.29) is 17.7 Å². The van der Waals surface area contributed by atoms with Gasteiger partial charge in [0, 0.05) is 22.8 Å². The summed E-state index contributed by atoms with van der Waals surface area (Å²) >= 11 is 0. The third kappa shape index (κ3) is 2.93. The van der Waals surface area contributed by atoms with Gasteiger partial charge in [0.25, 0.3) is 11.8 Å². The number of fused-ring (bicyclic) bond motifs is 1. The molecule has 3 rings (SSSR count). The SMILES string of the molecule is CC1=C(C)C2C=CC(=NC(=O)c3cccc(C)c3)C=C2NC1=O. The quantitative estimate of drug-likeness (QED) is 0.866. The second-order valence-electron chi connectivity index (χ2n) is 5.91. The summed E-state index contributed by atoms with van der Waals surface area (Å²) in [7, 11) is 0. The van der Waals surface area contributed by atoms with E-state index in [0.29, 0.717) is 11.3 Å². The van der Waals surface area contributed by atoms with Crippen LogP contribution in [0.5, 0.6) is 0 Å². The minimum absolute atomic E-state index is 0.0562. The summed E-state index contributed by atoms with van der Waals surface area (Å²) in [4.78, 5) is 28.3. The van der Waals surface area contributed by atoms with Crippen molar-refractivity contribution >= 4 is 17.5 Å². The Balaban J connectivity index is 1.90. The molecule has 1 atom stereocenters. The van der Waals surface area contributed by atoms with Crippen molar-refractivity contribution in [2.24, 2.45) is 10.9 Å². The van der Waals surface area contributed by atoms with Crippen LogP contribution in [0.25, 0.3) is 0 Å². The van der Waals surface area contributed by atoms with Gasteiger partial charge in [-0.15, -0.1) is 0 Å². The second kappa shape index (κ2) is 5.80. The molecule has 0 bridgehead atoms. The predicted octanol–water partition coefficient (Wildman–Crippen LogP) is 3.11. The van der Waals surface area contributed by atoms with Crippen molar-refractivity contribution in [2.75, 3.05) is 0 Å². The average molecular weight is 306 g/mol. The molecule has 1 aromatic carbocycles. The van der Waals surface area contributed by atoms with Gasteiger partial charge in [0.2, 0.25) is 0 Å². The Morgan fingerprint density at radius 1 is 1.22 bits per heavy atom. The highest BCUT2D eigenvalue weighted by Crippen LogP contribution is 2.29. The summed E-state index contributed by atoms with van der Waals surface area (Å²) in [6.45, 7) is 5.71. The number of allylic oxidation sites excluding steroid dienone is 3. The van der Waals surface area contributed by atoms with Crippen molar-refractivity contribution < 1.29 is 9.59 Å². The molecule has 23 heavy (non-hydrogen) atoms. The number of nitrogens with one attached hydrogen (secondary N) is 1. The van der Waals surface area contributed by atoms with Gasteiger partial charge in [0.15, 0.2) is 0 Å². The molecule has 4 heteroatoms. The van der Waals surface area contributed by atoms with Gasteiger partial charge in [-0.3, -0.25) is 9.59 Å². The van der Waals surface area contributed by atoms with Crippen molar-refractivity contribution in [3.05, 3.63) is 70.5 Å². The van der Waals surface area contributed by atoms with E-state index in [1.165, 1.54) is 0 Å². The Morgan fingerprint density at radius 2 is 2.00 bits per heavy atom. The van der Waals surface area contributed by atoms with Gasteiger partial charge in [-0.1, -0.05) is 29.3 Å². The minimum Gasteiger partial charge on any atom is -0.325 e. The lowest BCUT2D eigenvalue weighted by atomic mass is 9.85. The van der Waals surface area contributed by atoms with Crippen molar-refractivity contribution in [2.45, 2.75) is 20.8 Å². The number of benzene rings is 1. The van der Waals surface area contributed by atoms with Crippen LogP contribution in [0.4, 0.5) is 0 Å². The number of rotatable bonds is 1. The lowest BCUT2D eigenvalue weighted by Gasteiger charge is -2.28. The summed E-state index contributed by atoms with van der Waals surface area (Å²) in [6.07, 6.45) is 5.57. The smallest absolute Gasteiger partial charge is 0.277 e. The van der Waals surface area contributed by atoms with Gasteiger partial charge < -0.3 is 5.32 Å². The van der Waals surface area contributed by atoms with Crippen LogP contribution in [0, 0.1) is 12.8 Å². The van der Waals surface area contributed by atoms with Crippen LogP contribution in [-0.4, -0.2) is 17.5 Å². The van der Waals surface area contributed by atoms with Crippen LogP contribution in [0.3, 0.4) is 0 Å². The maximum Gasteiger partial charge on any atom is 0.277 e. The summed E-state index contributed by atoms with van der Waals surface area (Å²) < 4.78 is 0. The Hall–Kier alpha value is -2.75. The average Bonchev–Trinajstić information content (AvgIpc) is 2.52. The van der Waals surface area contributed by atoms with Crippen LogP contribution in [0.2, 0.25) is 0 Å². The molecule has 1 aromatic rings. The molecule has 0 radical (unpaired) electrons. The van der Waals surface area contributed by atoms with E-state index in [9.17, 15) is 9.59 Å². The molecule has 1 aliphatic carbocycles. The minimum atomic E-state index is -0.283. The Kier molecular flexibility index (Phi) is 3.82. The zero-order chi connectivity index (χ0) is 16.6. The number of aryl methyl sites for hydroxylation is 1. The molecule has 0 spiro atoms. The molecule has 0 fully saturated rings. The zero-order valence-corrected chi connectivity index (χ0v) is 13.4. The molecule has 1 heterocycles. The van der Waals surface area contributed by atoms with Crippen LogP contribution in [0.15, 0.2) is 64.3 Å². The normalized spacial score (nSPS) is 21.9. The van der Waals surface area contributed by atoms with E-state index in [1.807, 2.05) is 51.1 Å². The topological polar surface area (TPSA) is 58.5 Å². The molecule has 1 aliphatic heterocycles. The lowest BCUT2D eigenvalue weighted by molar-refractivity contribution is -0.117. The summed E-state index contributed by atoms with van der Waals surface area (Å²) in [6, 6.07) is 7.34. The first-order valence-electron chi connectivity index (χ1n) is 7.54. The molecule has 0 saturated carbocycles. The van der Waals surface area contributed by atoms with Gasteiger partial charge in [-0.25, -0.2) is 4.99 Å². The first kappa shape index (κ1) is 15.2. The highest BCUT2D eigenvalue weighted by atomic mass is 16.2.